The van der Waals surface area contributed by atoms with Gasteiger partial charge in [-0.1, -0.05) is 12.1 Å². The molecule has 0 aliphatic carbocycles. The maximum absolute atomic E-state index is 13.5. The van der Waals surface area contributed by atoms with Gasteiger partial charge in [-0.2, -0.15) is 0 Å². The highest BCUT2D eigenvalue weighted by molar-refractivity contribution is 5.93. The van der Waals surface area contributed by atoms with Crippen molar-refractivity contribution in [2.45, 2.75) is 6.92 Å². The third-order valence-electron chi connectivity index (χ3n) is 2.93. The summed E-state index contributed by atoms with van der Waals surface area (Å²) in [5.74, 6) is -0.180. The number of aromatic amines is 1. The molecule has 1 aromatic carbocycles. The fourth-order valence-corrected chi connectivity index (χ4v) is 1.96. The van der Waals surface area contributed by atoms with E-state index in [1.165, 1.54) is 0 Å². The molecule has 17 heavy (non-hydrogen) atoms. The van der Waals surface area contributed by atoms with Crippen molar-refractivity contribution in [3.63, 3.8) is 0 Å². The first kappa shape index (κ1) is 10.0. The molecular weight excluding hydrogens is 215 g/mol. The first-order chi connectivity index (χ1) is 8.25. The fraction of sp³-hybridized carbons (Fsp3) is 0.0714. The van der Waals surface area contributed by atoms with Gasteiger partial charge in [-0.05, 0) is 36.2 Å². The van der Waals surface area contributed by atoms with Crippen LogP contribution in [0.1, 0.15) is 5.56 Å². The van der Waals surface area contributed by atoms with E-state index in [2.05, 4.69) is 9.97 Å². The first-order valence-corrected chi connectivity index (χ1v) is 5.44. The Morgan fingerprint density at radius 3 is 2.94 bits per heavy atom. The molecule has 2 nitrogen and oxygen atoms in total. The summed E-state index contributed by atoms with van der Waals surface area (Å²) in [6.45, 7) is 1.76. The third kappa shape index (κ3) is 1.60. The summed E-state index contributed by atoms with van der Waals surface area (Å²) in [5, 5.41) is 1.01. The molecule has 2 heterocycles. The molecule has 3 aromatic rings. The van der Waals surface area contributed by atoms with Gasteiger partial charge in [-0.15, -0.1) is 0 Å². The van der Waals surface area contributed by atoms with Crippen LogP contribution in [0.2, 0.25) is 0 Å². The van der Waals surface area contributed by atoms with Crippen LogP contribution >= 0.6 is 0 Å². The Labute approximate surface area is 98.1 Å². The highest BCUT2D eigenvalue weighted by Gasteiger charge is 2.07. The van der Waals surface area contributed by atoms with E-state index in [0.717, 1.165) is 22.2 Å². The molecular formula is C14H11FN2. The second kappa shape index (κ2) is 3.70. The monoisotopic (exact) mass is 226 g/mol. The molecule has 0 saturated heterocycles. The first-order valence-electron chi connectivity index (χ1n) is 5.44. The number of nitrogens with zero attached hydrogens (tertiary/aromatic N) is 1. The highest BCUT2D eigenvalue weighted by Crippen LogP contribution is 2.28. The van der Waals surface area contributed by atoms with Gasteiger partial charge >= 0.3 is 0 Å². The Kier molecular flexibility index (Phi) is 2.18. The van der Waals surface area contributed by atoms with Crippen molar-refractivity contribution < 1.29 is 4.39 Å². The van der Waals surface area contributed by atoms with Crippen LogP contribution in [0, 0.1) is 12.7 Å². The average Bonchev–Trinajstić information content (AvgIpc) is 2.76. The fourth-order valence-electron chi connectivity index (χ4n) is 1.96. The molecule has 0 bridgehead atoms. The zero-order chi connectivity index (χ0) is 11.8. The predicted octanol–water partition coefficient (Wildman–Crippen LogP) is 3.68. The molecule has 0 atom stereocenters. The summed E-state index contributed by atoms with van der Waals surface area (Å²) in [4.78, 5) is 7.31. The van der Waals surface area contributed by atoms with Crippen LogP contribution < -0.4 is 0 Å². The van der Waals surface area contributed by atoms with Crippen molar-refractivity contribution in [1.29, 1.82) is 0 Å². The van der Waals surface area contributed by atoms with Gasteiger partial charge in [0.05, 0.1) is 0 Å². The quantitative estimate of drug-likeness (QED) is 0.673. The number of halogens is 1. The van der Waals surface area contributed by atoms with E-state index in [1.807, 2.05) is 24.4 Å². The van der Waals surface area contributed by atoms with E-state index in [-0.39, 0.29) is 5.82 Å². The number of benzene rings is 1. The minimum absolute atomic E-state index is 0.180. The number of hydrogen-bond acceptors (Lipinski definition) is 1. The number of fused-ring (bicyclic) bond motifs is 1. The van der Waals surface area contributed by atoms with E-state index in [9.17, 15) is 4.39 Å². The van der Waals surface area contributed by atoms with Crippen molar-refractivity contribution in [3.05, 3.63) is 54.1 Å². The lowest BCUT2D eigenvalue weighted by Gasteiger charge is -2.01. The van der Waals surface area contributed by atoms with Gasteiger partial charge < -0.3 is 4.98 Å². The molecule has 0 radical (unpaired) electrons. The molecule has 3 heteroatoms. The lowest BCUT2D eigenvalue weighted by molar-refractivity contribution is 0.619. The summed E-state index contributed by atoms with van der Waals surface area (Å²) in [6, 6.07) is 9.13. The third-order valence-corrected chi connectivity index (χ3v) is 2.93. The van der Waals surface area contributed by atoms with Gasteiger partial charge in [-0.25, -0.2) is 9.37 Å². The lowest BCUT2D eigenvalue weighted by Crippen LogP contribution is -1.83. The van der Waals surface area contributed by atoms with E-state index >= 15 is 0 Å². The second-order valence-electron chi connectivity index (χ2n) is 4.07. The molecule has 0 aliphatic heterocycles. The van der Waals surface area contributed by atoms with Gasteiger partial charge in [0, 0.05) is 23.3 Å². The maximum Gasteiger partial charge on any atom is 0.137 e. The number of hydrogen-bond donors (Lipinski definition) is 1. The Morgan fingerprint density at radius 1 is 1.24 bits per heavy atom. The second-order valence-corrected chi connectivity index (χ2v) is 4.07. The Morgan fingerprint density at radius 2 is 2.12 bits per heavy atom. The Balaban J connectivity index is 2.24. The van der Waals surface area contributed by atoms with Gasteiger partial charge in [0.1, 0.15) is 11.5 Å². The van der Waals surface area contributed by atoms with E-state index in [1.54, 1.807) is 25.3 Å². The molecule has 0 aliphatic rings. The van der Waals surface area contributed by atoms with Crippen molar-refractivity contribution >= 4 is 11.0 Å². The number of rotatable bonds is 1. The number of pyridine rings is 1. The van der Waals surface area contributed by atoms with Crippen molar-refractivity contribution in [2.75, 3.05) is 0 Å². The topological polar surface area (TPSA) is 28.7 Å². The molecule has 1 N–H and O–H groups in total. The predicted molar refractivity (Wildman–Crippen MR) is 66.2 cm³/mol. The number of nitrogens with one attached hydrogen (secondary N) is 1. The minimum Gasteiger partial charge on any atom is -0.346 e. The molecule has 0 spiro atoms. The molecule has 0 unspecified atom stereocenters. The summed E-state index contributed by atoms with van der Waals surface area (Å²) in [7, 11) is 0. The maximum atomic E-state index is 13.5. The van der Waals surface area contributed by atoms with Crippen LogP contribution in [0.25, 0.3) is 22.2 Å². The van der Waals surface area contributed by atoms with Crippen molar-refractivity contribution in [2.24, 2.45) is 0 Å². The van der Waals surface area contributed by atoms with Crippen LogP contribution in [0.15, 0.2) is 42.7 Å². The number of H-pyrrole nitrogens is 1. The number of aromatic nitrogens is 2. The van der Waals surface area contributed by atoms with Crippen LogP contribution in [0.4, 0.5) is 4.39 Å². The van der Waals surface area contributed by atoms with Gasteiger partial charge in [0.2, 0.25) is 0 Å². The molecule has 84 valence electrons. The van der Waals surface area contributed by atoms with E-state index in [4.69, 9.17) is 0 Å². The SMILES string of the molecule is Cc1ccc(-c2c[nH]c3ncccc23)cc1F. The molecule has 0 amide bonds. The molecule has 0 saturated carbocycles. The number of aryl methyl sites for hydroxylation is 1. The Hall–Kier alpha value is -2.16. The van der Waals surface area contributed by atoms with E-state index in [0.29, 0.717) is 5.56 Å². The highest BCUT2D eigenvalue weighted by atomic mass is 19.1. The molecule has 2 aromatic heterocycles. The van der Waals surface area contributed by atoms with Crippen molar-refractivity contribution in [1.82, 2.24) is 9.97 Å². The van der Waals surface area contributed by atoms with Crippen LogP contribution in [0.5, 0.6) is 0 Å². The lowest BCUT2D eigenvalue weighted by atomic mass is 10.0. The van der Waals surface area contributed by atoms with E-state index < -0.39 is 0 Å². The largest absolute Gasteiger partial charge is 0.346 e. The summed E-state index contributed by atoms with van der Waals surface area (Å²) in [6.07, 6.45) is 3.60. The van der Waals surface area contributed by atoms with Gasteiger partial charge in [-0.3, -0.25) is 0 Å². The zero-order valence-electron chi connectivity index (χ0n) is 9.37. The minimum atomic E-state index is -0.180. The summed E-state index contributed by atoms with van der Waals surface area (Å²) in [5.41, 5.74) is 3.33. The van der Waals surface area contributed by atoms with Gasteiger partial charge in [0.25, 0.3) is 0 Å². The van der Waals surface area contributed by atoms with Crippen LogP contribution in [0.3, 0.4) is 0 Å². The standard InChI is InChI=1S/C14H11FN2/c1-9-4-5-10(7-13(9)15)12-8-17-14-11(12)3-2-6-16-14/h2-8H,1H3,(H,16,17). The van der Waals surface area contributed by atoms with Gasteiger partial charge in [0.15, 0.2) is 0 Å². The Bertz CT molecular complexity index is 686. The zero-order valence-corrected chi connectivity index (χ0v) is 9.37. The average molecular weight is 226 g/mol. The summed E-state index contributed by atoms with van der Waals surface area (Å²) >= 11 is 0. The molecule has 0 fully saturated rings. The van der Waals surface area contributed by atoms with Crippen LogP contribution in [-0.2, 0) is 0 Å². The molecule has 3 rings (SSSR count). The smallest absolute Gasteiger partial charge is 0.137 e. The summed E-state index contributed by atoms with van der Waals surface area (Å²) < 4.78 is 13.5. The normalized spacial score (nSPS) is 10.9. The van der Waals surface area contributed by atoms with Crippen molar-refractivity contribution in [3.8, 4) is 11.1 Å². The van der Waals surface area contributed by atoms with Crippen LogP contribution in [-0.4, -0.2) is 9.97 Å².